The van der Waals surface area contributed by atoms with Gasteiger partial charge in [-0.1, -0.05) is 23.8 Å². The van der Waals surface area contributed by atoms with Crippen LogP contribution in [-0.4, -0.2) is 18.6 Å². The van der Waals surface area contributed by atoms with Crippen molar-refractivity contribution in [2.24, 2.45) is 0 Å². The molecule has 0 aliphatic rings. The van der Waals surface area contributed by atoms with E-state index < -0.39 is 10.0 Å². The molecule has 2 heterocycles. The highest BCUT2D eigenvalue weighted by Gasteiger charge is 2.21. The van der Waals surface area contributed by atoms with Gasteiger partial charge in [0.15, 0.2) is 0 Å². The lowest BCUT2D eigenvalue weighted by Crippen LogP contribution is -2.26. The maximum atomic E-state index is 12.7. The number of H-pyrrole nitrogens is 1. The van der Waals surface area contributed by atoms with Gasteiger partial charge in [0.25, 0.3) is 15.6 Å². The number of rotatable bonds is 5. The molecular formula is C18H19N3O3S2. The fraction of sp³-hybridized carbons (Fsp3) is 0.222. The second-order valence-corrected chi connectivity index (χ2v) is 9.02. The molecule has 6 nitrogen and oxygen atoms in total. The van der Waals surface area contributed by atoms with Gasteiger partial charge < -0.3 is 0 Å². The molecule has 3 aromatic rings. The number of aromatic nitrogens is 2. The molecule has 0 spiro atoms. The molecule has 3 rings (SSSR count). The topological polar surface area (TPSA) is 91.9 Å². The Bertz CT molecular complexity index is 1080. The highest BCUT2D eigenvalue weighted by Crippen LogP contribution is 2.28. The lowest BCUT2D eigenvalue weighted by atomic mass is 10.0. The molecule has 1 atom stereocenters. The van der Waals surface area contributed by atoms with E-state index in [0.717, 1.165) is 28.0 Å². The van der Waals surface area contributed by atoms with E-state index in [0.29, 0.717) is 11.3 Å². The average molecular weight is 390 g/mol. The third-order valence-electron chi connectivity index (χ3n) is 4.04. The Morgan fingerprint density at radius 2 is 1.92 bits per heavy atom. The summed E-state index contributed by atoms with van der Waals surface area (Å²) in [5.41, 5.74) is 3.98. The molecule has 0 fully saturated rings. The molecular weight excluding hydrogens is 370 g/mol. The van der Waals surface area contributed by atoms with E-state index in [2.05, 4.69) is 14.9 Å². The summed E-state index contributed by atoms with van der Waals surface area (Å²) in [7, 11) is -3.66. The van der Waals surface area contributed by atoms with Crippen molar-refractivity contribution in [3.05, 3.63) is 68.8 Å². The summed E-state index contributed by atoms with van der Waals surface area (Å²) in [6.07, 6.45) is 0. The summed E-state index contributed by atoms with van der Waals surface area (Å²) < 4.78 is 28.4. The molecule has 0 saturated carbocycles. The molecule has 0 unspecified atom stereocenters. The predicted octanol–water partition coefficient (Wildman–Crippen LogP) is 3.15. The van der Waals surface area contributed by atoms with E-state index in [9.17, 15) is 13.2 Å². The van der Waals surface area contributed by atoms with Gasteiger partial charge >= 0.3 is 0 Å². The average Bonchev–Trinajstić information content (AvgIpc) is 3.06. The van der Waals surface area contributed by atoms with Crippen molar-refractivity contribution in [1.29, 1.82) is 0 Å². The molecule has 8 heteroatoms. The van der Waals surface area contributed by atoms with E-state index in [1.165, 1.54) is 6.07 Å². The molecule has 0 aliphatic carbocycles. The van der Waals surface area contributed by atoms with Crippen LogP contribution in [0.25, 0.3) is 11.3 Å². The maximum absolute atomic E-state index is 12.7. The largest absolute Gasteiger partial charge is 0.268 e. The van der Waals surface area contributed by atoms with Crippen LogP contribution in [0.2, 0.25) is 0 Å². The Morgan fingerprint density at radius 1 is 1.15 bits per heavy atom. The fourth-order valence-electron chi connectivity index (χ4n) is 2.76. The maximum Gasteiger partial charge on any atom is 0.264 e. The predicted molar refractivity (Wildman–Crippen MR) is 103 cm³/mol. The minimum absolute atomic E-state index is 0.206. The Hall–Kier alpha value is -2.29. The van der Waals surface area contributed by atoms with Gasteiger partial charge in [0.2, 0.25) is 0 Å². The minimum atomic E-state index is -3.66. The molecule has 26 heavy (non-hydrogen) atoms. The van der Waals surface area contributed by atoms with Crippen LogP contribution < -0.4 is 10.3 Å². The van der Waals surface area contributed by atoms with Crippen molar-refractivity contribution in [2.75, 3.05) is 0 Å². The van der Waals surface area contributed by atoms with Gasteiger partial charge in [-0.2, -0.15) is 5.10 Å². The minimum Gasteiger partial charge on any atom is -0.268 e. The van der Waals surface area contributed by atoms with Gasteiger partial charge in [0.1, 0.15) is 4.21 Å². The molecule has 0 amide bonds. The number of hydrogen-bond acceptors (Lipinski definition) is 5. The number of aromatic amines is 1. The number of hydrogen-bond donors (Lipinski definition) is 2. The summed E-state index contributed by atoms with van der Waals surface area (Å²) in [5, 5.41) is 7.98. The van der Waals surface area contributed by atoms with Crippen molar-refractivity contribution >= 4 is 21.4 Å². The van der Waals surface area contributed by atoms with Gasteiger partial charge in [-0.05, 0) is 44.0 Å². The number of nitrogens with one attached hydrogen (secondary N) is 2. The molecule has 0 bridgehead atoms. The van der Waals surface area contributed by atoms with Gasteiger partial charge in [0, 0.05) is 23.1 Å². The van der Waals surface area contributed by atoms with E-state index in [1.54, 1.807) is 17.5 Å². The van der Waals surface area contributed by atoms with E-state index >= 15 is 0 Å². The SMILES string of the molecule is Cc1ccc([C@@H](C)NS(=O)(=O)c2cc(-c3ccc(=O)[nH]n3)cs2)c(C)c1. The quantitative estimate of drug-likeness (QED) is 0.701. The molecule has 0 saturated heterocycles. The highest BCUT2D eigenvalue weighted by atomic mass is 32.2. The van der Waals surface area contributed by atoms with E-state index in [-0.39, 0.29) is 15.8 Å². The van der Waals surface area contributed by atoms with Crippen molar-refractivity contribution in [1.82, 2.24) is 14.9 Å². The summed E-state index contributed by atoms with van der Waals surface area (Å²) in [4.78, 5) is 11.1. The Balaban J connectivity index is 1.84. The first kappa shape index (κ1) is 18.5. The van der Waals surface area contributed by atoms with Gasteiger partial charge in [0.05, 0.1) is 5.69 Å². The van der Waals surface area contributed by atoms with Crippen LogP contribution in [0.5, 0.6) is 0 Å². The summed E-state index contributed by atoms with van der Waals surface area (Å²) >= 11 is 1.12. The number of nitrogens with zero attached hydrogens (tertiary/aromatic N) is 1. The van der Waals surface area contributed by atoms with Crippen molar-refractivity contribution in [3.63, 3.8) is 0 Å². The zero-order valence-corrected chi connectivity index (χ0v) is 16.2. The monoisotopic (exact) mass is 389 g/mol. The summed E-state index contributed by atoms with van der Waals surface area (Å²) in [6.45, 7) is 5.80. The van der Waals surface area contributed by atoms with Gasteiger partial charge in [-0.3, -0.25) is 4.79 Å². The smallest absolute Gasteiger partial charge is 0.264 e. The van der Waals surface area contributed by atoms with Gasteiger partial charge in [-0.25, -0.2) is 18.2 Å². The van der Waals surface area contributed by atoms with Crippen LogP contribution >= 0.6 is 11.3 Å². The first-order chi connectivity index (χ1) is 12.3. The molecule has 2 aromatic heterocycles. The summed E-state index contributed by atoms with van der Waals surface area (Å²) in [6, 6.07) is 10.1. The zero-order valence-electron chi connectivity index (χ0n) is 14.6. The van der Waals surface area contributed by atoms with Crippen molar-refractivity contribution in [2.45, 2.75) is 31.0 Å². The number of sulfonamides is 1. The van der Waals surface area contributed by atoms with Crippen LogP contribution in [0.1, 0.15) is 29.7 Å². The Morgan fingerprint density at radius 3 is 2.58 bits per heavy atom. The van der Waals surface area contributed by atoms with Crippen LogP contribution in [0.4, 0.5) is 0 Å². The second kappa shape index (κ2) is 7.14. The highest BCUT2D eigenvalue weighted by molar-refractivity contribution is 7.91. The molecule has 0 aliphatic heterocycles. The number of aryl methyl sites for hydroxylation is 2. The Kier molecular flexibility index (Phi) is 5.08. The van der Waals surface area contributed by atoms with Crippen molar-refractivity contribution < 1.29 is 8.42 Å². The standard InChI is InChI=1S/C18H19N3O3S2/c1-11-4-5-15(12(2)8-11)13(3)21-26(23,24)18-9-14(10-25-18)16-6-7-17(22)20-19-16/h4-10,13,21H,1-3H3,(H,20,22)/t13-/m1/s1. The van der Waals surface area contributed by atoms with Crippen LogP contribution in [0.15, 0.2) is 50.8 Å². The Labute approximate surface area is 156 Å². The molecule has 136 valence electrons. The lowest BCUT2D eigenvalue weighted by molar-refractivity contribution is 0.568. The van der Waals surface area contributed by atoms with Crippen LogP contribution in [0, 0.1) is 13.8 Å². The third-order valence-corrected chi connectivity index (χ3v) is 7.02. The number of benzene rings is 1. The fourth-order valence-corrected chi connectivity index (χ4v) is 5.18. The third kappa shape index (κ3) is 3.92. The van der Waals surface area contributed by atoms with Gasteiger partial charge in [-0.15, -0.1) is 11.3 Å². The lowest BCUT2D eigenvalue weighted by Gasteiger charge is -2.16. The van der Waals surface area contributed by atoms with Crippen LogP contribution in [-0.2, 0) is 10.0 Å². The zero-order chi connectivity index (χ0) is 18.9. The summed E-state index contributed by atoms with van der Waals surface area (Å²) in [5.74, 6) is 0. The van der Waals surface area contributed by atoms with Crippen LogP contribution in [0.3, 0.4) is 0 Å². The number of thiophene rings is 1. The first-order valence-electron chi connectivity index (χ1n) is 8.00. The van der Waals surface area contributed by atoms with E-state index in [1.807, 2.05) is 39.0 Å². The van der Waals surface area contributed by atoms with Crippen molar-refractivity contribution in [3.8, 4) is 11.3 Å². The second-order valence-electron chi connectivity index (χ2n) is 6.16. The molecule has 1 aromatic carbocycles. The van der Waals surface area contributed by atoms with E-state index in [4.69, 9.17) is 0 Å². The molecule has 0 radical (unpaired) electrons. The molecule has 2 N–H and O–H groups in total. The first-order valence-corrected chi connectivity index (χ1v) is 10.4. The normalized spacial score (nSPS) is 12.9.